The summed E-state index contributed by atoms with van der Waals surface area (Å²) in [5.74, 6) is 0.489. The highest BCUT2D eigenvalue weighted by Crippen LogP contribution is 2.29. The Morgan fingerprint density at radius 1 is 0.962 bits per heavy atom. The third kappa shape index (κ3) is 3.90. The predicted molar refractivity (Wildman–Crippen MR) is 95.7 cm³/mol. The number of hydrogen-bond donors (Lipinski definition) is 3. The molecule has 0 aliphatic carbocycles. The van der Waals surface area contributed by atoms with E-state index in [1.165, 1.54) is 14.0 Å². The summed E-state index contributed by atoms with van der Waals surface area (Å²) in [5, 5.41) is 30.5. The van der Waals surface area contributed by atoms with Gasteiger partial charge < -0.3 is 29.5 Å². The molecular formula is C20H24O6. The molecule has 1 aliphatic rings. The Balaban J connectivity index is 1.80. The van der Waals surface area contributed by atoms with Gasteiger partial charge in [-0.05, 0) is 30.2 Å². The molecule has 1 heterocycles. The zero-order valence-corrected chi connectivity index (χ0v) is 14.7. The molecule has 3 rings (SSSR count). The number of aliphatic hydroxyl groups is 3. The van der Waals surface area contributed by atoms with Gasteiger partial charge in [0.25, 0.3) is 0 Å². The van der Waals surface area contributed by atoms with Crippen molar-refractivity contribution >= 4 is 0 Å². The SMILES string of the molecule is COC1C(O)C(O)C(Oc2cccc(-c3ccccc3)c2)OC1C(C)O. The van der Waals surface area contributed by atoms with Crippen LogP contribution in [-0.4, -0.2) is 59.2 Å². The Bertz CT molecular complexity index is 704. The van der Waals surface area contributed by atoms with E-state index in [1.807, 2.05) is 48.5 Å². The average molecular weight is 360 g/mol. The first-order chi connectivity index (χ1) is 12.5. The first kappa shape index (κ1) is 18.8. The lowest BCUT2D eigenvalue weighted by molar-refractivity contribution is -0.290. The number of ether oxygens (including phenoxy) is 3. The molecule has 140 valence electrons. The van der Waals surface area contributed by atoms with Crippen LogP contribution in [0.1, 0.15) is 6.92 Å². The van der Waals surface area contributed by atoms with E-state index in [-0.39, 0.29) is 0 Å². The van der Waals surface area contributed by atoms with Crippen LogP contribution in [0.4, 0.5) is 0 Å². The summed E-state index contributed by atoms with van der Waals surface area (Å²) < 4.78 is 16.6. The molecule has 0 bridgehead atoms. The smallest absolute Gasteiger partial charge is 0.229 e. The molecule has 26 heavy (non-hydrogen) atoms. The summed E-state index contributed by atoms with van der Waals surface area (Å²) in [6.45, 7) is 1.54. The predicted octanol–water partition coefficient (Wildman–Crippen LogP) is 1.57. The summed E-state index contributed by atoms with van der Waals surface area (Å²) in [5.41, 5.74) is 1.99. The maximum atomic E-state index is 10.3. The molecule has 6 heteroatoms. The molecule has 1 fully saturated rings. The van der Waals surface area contributed by atoms with Gasteiger partial charge in [-0.1, -0.05) is 42.5 Å². The van der Waals surface area contributed by atoms with Gasteiger partial charge in [-0.3, -0.25) is 0 Å². The van der Waals surface area contributed by atoms with Gasteiger partial charge in [0.1, 0.15) is 30.2 Å². The first-order valence-corrected chi connectivity index (χ1v) is 8.56. The van der Waals surface area contributed by atoms with Crippen LogP contribution >= 0.6 is 0 Å². The fourth-order valence-corrected chi connectivity index (χ4v) is 3.14. The standard InChI is InChI=1S/C20H24O6/c1-12(21)18-19(24-2)16(22)17(23)20(26-18)25-15-10-6-9-14(11-15)13-7-4-3-5-8-13/h3-12,16-23H,1-2H3. The Kier molecular flexibility index (Phi) is 5.90. The van der Waals surface area contributed by atoms with E-state index in [9.17, 15) is 15.3 Å². The monoisotopic (exact) mass is 360 g/mol. The second kappa shape index (κ2) is 8.16. The minimum Gasteiger partial charge on any atom is -0.462 e. The molecule has 0 saturated carbocycles. The average Bonchev–Trinajstić information content (AvgIpc) is 2.66. The molecule has 0 spiro atoms. The van der Waals surface area contributed by atoms with E-state index >= 15 is 0 Å². The van der Waals surface area contributed by atoms with Crippen LogP contribution in [0.5, 0.6) is 5.75 Å². The number of rotatable bonds is 5. The number of methoxy groups -OCH3 is 1. The van der Waals surface area contributed by atoms with Crippen LogP contribution < -0.4 is 4.74 Å². The zero-order valence-electron chi connectivity index (χ0n) is 14.7. The summed E-state index contributed by atoms with van der Waals surface area (Å²) in [4.78, 5) is 0. The van der Waals surface area contributed by atoms with Crippen LogP contribution in [0.25, 0.3) is 11.1 Å². The molecule has 1 aliphatic heterocycles. The van der Waals surface area contributed by atoms with E-state index in [0.717, 1.165) is 11.1 Å². The number of benzene rings is 2. The van der Waals surface area contributed by atoms with Crippen molar-refractivity contribution in [3.63, 3.8) is 0 Å². The van der Waals surface area contributed by atoms with Gasteiger partial charge in [0.05, 0.1) is 6.10 Å². The fourth-order valence-electron chi connectivity index (χ4n) is 3.14. The van der Waals surface area contributed by atoms with E-state index in [2.05, 4.69) is 0 Å². The minimum atomic E-state index is -1.31. The molecule has 6 unspecified atom stereocenters. The molecule has 6 nitrogen and oxygen atoms in total. The third-order valence-electron chi connectivity index (χ3n) is 4.52. The highest BCUT2D eigenvalue weighted by molar-refractivity contribution is 5.64. The lowest BCUT2D eigenvalue weighted by Crippen LogP contribution is -2.62. The van der Waals surface area contributed by atoms with E-state index in [0.29, 0.717) is 5.75 Å². The molecule has 1 saturated heterocycles. The van der Waals surface area contributed by atoms with Crippen molar-refractivity contribution in [2.45, 2.75) is 43.7 Å². The van der Waals surface area contributed by atoms with Crippen molar-refractivity contribution in [2.24, 2.45) is 0 Å². The van der Waals surface area contributed by atoms with E-state index in [1.54, 1.807) is 6.07 Å². The molecule has 0 aromatic heterocycles. The van der Waals surface area contributed by atoms with Gasteiger partial charge in [-0.25, -0.2) is 0 Å². The molecule has 0 amide bonds. The van der Waals surface area contributed by atoms with Gasteiger partial charge in [-0.15, -0.1) is 0 Å². The summed E-state index contributed by atoms with van der Waals surface area (Å²) in [7, 11) is 1.39. The summed E-state index contributed by atoms with van der Waals surface area (Å²) >= 11 is 0. The Morgan fingerprint density at radius 3 is 2.31 bits per heavy atom. The Labute approximate surface area is 152 Å². The van der Waals surface area contributed by atoms with Crippen molar-refractivity contribution in [1.82, 2.24) is 0 Å². The van der Waals surface area contributed by atoms with Gasteiger partial charge in [0.15, 0.2) is 0 Å². The third-order valence-corrected chi connectivity index (χ3v) is 4.52. The molecule has 2 aromatic carbocycles. The minimum absolute atomic E-state index is 0.489. The van der Waals surface area contributed by atoms with Crippen molar-refractivity contribution in [2.75, 3.05) is 7.11 Å². The Hall–Kier alpha value is -1.96. The highest BCUT2D eigenvalue weighted by atomic mass is 16.7. The lowest BCUT2D eigenvalue weighted by atomic mass is 9.95. The highest BCUT2D eigenvalue weighted by Gasteiger charge is 2.47. The van der Waals surface area contributed by atoms with Crippen molar-refractivity contribution in [1.29, 1.82) is 0 Å². The second-order valence-corrected chi connectivity index (χ2v) is 6.40. The van der Waals surface area contributed by atoms with Crippen LogP contribution in [-0.2, 0) is 9.47 Å². The van der Waals surface area contributed by atoms with Crippen molar-refractivity contribution < 1.29 is 29.5 Å². The normalized spacial score (nSPS) is 30.0. The van der Waals surface area contributed by atoms with Crippen LogP contribution in [0.3, 0.4) is 0 Å². The van der Waals surface area contributed by atoms with Crippen LogP contribution in [0, 0.1) is 0 Å². The number of hydrogen-bond acceptors (Lipinski definition) is 6. The maximum absolute atomic E-state index is 10.3. The largest absolute Gasteiger partial charge is 0.462 e. The summed E-state index contributed by atoms with van der Waals surface area (Å²) in [6.07, 6.45) is -6.24. The Morgan fingerprint density at radius 2 is 1.65 bits per heavy atom. The lowest BCUT2D eigenvalue weighted by Gasteiger charge is -2.42. The van der Waals surface area contributed by atoms with Crippen molar-refractivity contribution in [3.8, 4) is 16.9 Å². The van der Waals surface area contributed by atoms with E-state index < -0.39 is 36.8 Å². The quantitative estimate of drug-likeness (QED) is 0.750. The van der Waals surface area contributed by atoms with Crippen molar-refractivity contribution in [3.05, 3.63) is 54.6 Å². The van der Waals surface area contributed by atoms with E-state index in [4.69, 9.17) is 14.2 Å². The molecule has 3 N–H and O–H groups in total. The van der Waals surface area contributed by atoms with Gasteiger partial charge in [-0.2, -0.15) is 0 Å². The molecule has 0 radical (unpaired) electrons. The zero-order chi connectivity index (χ0) is 18.7. The van der Waals surface area contributed by atoms with Crippen LogP contribution in [0.2, 0.25) is 0 Å². The first-order valence-electron chi connectivity index (χ1n) is 8.56. The maximum Gasteiger partial charge on any atom is 0.229 e. The van der Waals surface area contributed by atoms with Gasteiger partial charge in [0, 0.05) is 7.11 Å². The summed E-state index contributed by atoms with van der Waals surface area (Å²) in [6, 6.07) is 17.2. The van der Waals surface area contributed by atoms with Gasteiger partial charge >= 0.3 is 0 Å². The topological polar surface area (TPSA) is 88.4 Å². The van der Waals surface area contributed by atoms with Gasteiger partial charge in [0.2, 0.25) is 6.29 Å². The fraction of sp³-hybridized carbons (Fsp3) is 0.400. The van der Waals surface area contributed by atoms with Crippen LogP contribution in [0.15, 0.2) is 54.6 Å². The molecular weight excluding hydrogens is 336 g/mol. The second-order valence-electron chi connectivity index (χ2n) is 6.40. The molecule has 2 aromatic rings. The number of aliphatic hydroxyl groups excluding tert-OH is 3. The molecule has 6 atom stereocenters.